The van der Waals surface area contributed by atoms with Crippen LogP contribution in [0.2, 0.25) is 0 Å². The predicted molar refractivity (Wildman–Crippen MR) is 104 cm³/mol. The minimum absolute atomic E-state index is 0.214. The van der Waals surface area contributed by atoms with Crippen molar-refractivity contribution >= 4 is 5.91 Å². The van der Waals surface area contributed by atoms with Crippen molar-refractivity contribution in [3.05, 3.63) is 71.8 Å². The maximum atomic E-state index is 12.5. The Labute approximate surface area is 152 Å². The lowest BCUT2D eigenvalue weighted by Gasteiger charge is -2.27. The van der Waals surface area contributed by atoms with Crippen LogP contribution in [0.25, 0.3) is 0 Å². The fourth-order valence-electron chi connectivity index (χ4n) is 2.86. The Bertz CT molecular complexity index is 610. The van der Waals surface area contributed by atoms with Crippen molar-refractivity contribution in [3.63, 3.8) is 0 Å². The fraction of sp³-hybridized carbons (Fsp3) is 0.409. The van der Waals surface area contributed by atoms with Gasteiger partial charge < -0.3 is 10.2 Å². The number of hydrogen-bond acceptors (Lipinski definition) is 2. The highest BCUT2D eigenvalue weighted by Gasteiger charge is 2.16. The van der Waals surface area contributed by atoms with E-state index in [1.165, 1.54) is 11.1 Å². The SMILES string of the molecule is CC(C)N(Cc1ccccc1)C(=O)CCNCCCc1ccccc1. The molecule has 0 atom stereocenters. The van der Waals surface area contributed by atoms with E-state index in [0.29, 0.717) is 13.0 Å². The molecule has 3 heteroatoms. The Morgan fingerprint density at radius 3 is 2.12 bits per heavy atom. The monoisotopic (exact) mass is 338 g/mol. The number of amides is 1. The van der Waals surface area contributed by atoms with E-state index >= 15 is 0 Å². The molecule has 0 aliphatic carbocycles. The average molecular weight is 338 g/mol. The molecule has 134 valence electrons. The summed E-state index contributed by atoms with van der Waals surface area (Å²) in [6.07, 6.45) is 2.72. The highest BCUT2D eigenvalue weighted by atomic mass is 16.2. The van der Waals surface area contributed by atoms with Gasteiger partial charge in [0.15, 0.2) is 0 Å². The molecule has 2 aromatic carbocycles. The molecular formula is C22H30N2O. The number of carbonyl (C=O) groups excluding carboxylic acids is 1. The molecule has 0 saturated carbocycles. The summed E-state index contributed by atoms with van der Waals surface area (Å²) in [4.78, 5) is 14.5. The molecule has 0 aromatic heterocycles. The van der Waals surface area contributed by atoms with Crippen LogP contribution in [0.15, 0.2) is 60.7 Å². The van der Waals surface area contributed by atoms with Crippen molar-refractivity contribution in [3.8, 4) is 0 Å². The van der Waals surface area contributed by atoms with Gasteiger partial charge in [-0.05, 0) is 44.4 Å². The topological polar surface area (TPSA) is 32.3 Å². The van der Waals surface area contributed by atoms with Gasteiger partial charge in [0.05, 0.1) is 0 Å². The molecule has 2 rings (SSSR count). The van der Waals surface area contributed by atoms with Gasteiger partial charge in [0, 0.05) is 25.6 Å². The minimum Gasteiger partial charge on any atom is -0.336 e. The third-order valence-electron chi connectivity index (χ3n) is 4.32. The van der Waals surface area contributed by atoms with Crippen LogP contribution in [-0.4, -0.2) is 29.9 Å². The lowest BCUT2D eigenvalue weighted by atomic mass is 10.1. The lowest BCUT2D eigenvalue weighted by Crippen LogP contribution is -2.38. The molecule has 0 spiro atoms. The summed E-state index contributed by atoms with van der Waals surface area (Å²) in [6.45, 7) is 6.53. The first-order chi connectivity index (χ1) is 12.2. The third-order valence-corrected chi connectivity index (χ3v) is 4.32. The van der Waals surface area contributed by atoms with Gasteiger partial charge in [-0.3, -0.25) is 4.79 Å². The lowest BCUT2D eigenvalue weighted by molar-refractivity contribution is -0.133. The largest absolute Gasteiger partial charge is 0.336 e. The Balaban J connectivity index is 1.67. The van der Waals surface area contributed by atoms with Crippen LogP contribution in [0.5, 0.6) is 0 Å². The summed E-state index contributed by atoms with van der Waals surface area (Å²) >= 11 is 0. The molecule has 0 fully saturated rings. The molecule has 0 bridgehead atoms. The maximum Gasteiger partial charge on any atom is 0.224 e. The number of nitrogens with zero attached hydrogens (tertiary/aromatic N) is 1. The molecule has 3 nitrogen and oxygen atoms in total. The summed E-state index contributed by atoms with van der Waals surface area (Å²) < 4.78 is 0. The molecule has 0 unspecified atom stereocenters. The highest BCUT2D eigenvalue weighted by Crippen LogP contribution is 2.09. The zero-order chi connectivity index (χ0) is 17.9. The van der Waals surface area contributed by atoms with Gasteiger partial charge >= 0.3 is 0 Å². The molecule has 0 aliphatic rings. The van der Waals surface area contributed by atoms with Crippen molar-refractivity contribution < 1.29 is 4.79 Å². The van der Waals surface area contributed by atoms with Crippen molar-refractivity contribution in [1.29, 1.82) is 0 Å². The van der Waals surface area contributed by atoms with Crippen LogP contribution >= 0.6 is 0 Å². The second kappa shape index (κ2) is 10.7. The van der Waals surface area contributed by atoms with E-state index in [-0.39, 0.29) is 11.9 Å². The molecule has 0 saturated heterocycles. The summed E-state index contributed by atoms with van der Waals surface area (Å²) in [7, 11) is 0. The second-order valence-electron chi connectivity index (χ2n) is 6.69. The van der Waals surface area contributed by atoms with Crippen molar-refractivity contribution in [2.45, 2.75) is 45.7 Å². The van der Waals surface area contributed by atoms with Crippen molar-refractivity contribution in [1.82, 2.24) is 10.2 Å². The molecule has 0 aliphatic heterocycles. The van der Waals surface area contributed by atoms with Gasteiger partial charge in [-0.25, -0.2) is 0 Å². The number of nitrogens with one attached hydrogen (secondary N) is 1. The van der Waals surface area contributed by atoms with Crippen LogP contribution < -0.4 is 5.32 Å². The second-order valence-corrected chi connectivity index (χ2v) is 6.69. The average Bonchev–Trinajstić information content (AvgIpc) is 2.64. The molecule has 2 aromatic rings. The first-order valence-corrected chi connectivity index (χ1v) is 9.25. The van der Waals surface area contributed by atoms with Crippen LogP contribution in [0, 0.1) is 0 Å². The van der Waals surface area contributed by atoms with Gasteiger partial charge in [0.25, 0.3) is 0 Å². The van der Waals surface area contributed by atoms with Gasteiger partial charge in [0.1, 0.15) is 0 Å². The zero-order valence-corrected chi connectivity index (χ0v) is 15.4. The van der Waals surface area contributed by atoms with Crippen molar-refractivity contribution in [2.24, 2.45) is 0 Å². The van der Waals surface area contributed by atoms with Crippen LogP contribution in [-0.2, 0) is 17.8 Å². The number of carbonyl (C=O) groups is 1. The maximum absolute atomic E-state index is 12.5. The quantitative estimate of drug-likeness (QED) is 0.663. The molecule has 1 N–H and O–H groups in total. The molecular weight excluding hydrogens is 308 g/mol. The van der Waals surface area contributed by atoms with Crippen LogP contribution in [0.4, 0.5) is 0 Å². The minimum atomic E-state index is 0.214. The normalized spacial score (nSPS) is 10.8. The third kappa shape index (κ3) is 7.10. The first-order valence-electron chi connectivity index (χ1n) is 9.25. The first kappa shape index (κ1) is 19.2. The Morgan fingerprint density at radius 1 is 0.920 bits per heavy atom. The Morgan fingerprint density at radius 2 is 1.52 bits per heavy atom. The summed E-state index contributed by atoms with van der Waals surface area (Å²) in [5.74, 6) is 0.217. The van der Waals surface area contributed by atoms with Gasteiger partial charge in [-0.2, -0.15) is 0 Å². The predicted octanol–water partition coefficient (Wildman–Crippen LogP) is 4.04. The van der Waals surface area contributed by atoms with Gasteiger partial charge in [-0.1, -0.05) is 60.7 Å². The van der Waals surface area contributed by atoms with E-state index in [9.17, 15) is 4.79 Å². The summed E-state index contributed by atoms with van der Waals surface area (Å²) in [6, 6.07) is 20.9. The molecule has 0 heterocycles. The van der Waals surface area contributed by atoms with E-state index < -0.39 is 0 Å². The zero-order valence-electron chi connectivity index (χ0n) is 15.4. The molecule has 25 heavy (non-hydrogen) atoms. The highest BCUT2D eigenvalue weighted by molar-refractivity contribution is 5.76. The van der Waals surface area contributed by atoms with E-state index in [1.807, 2.05) is 29.2 Å². The molecule has 0 radical (unpaired) electrons. The fourth-order valence-corrected chi connectivity index (χ4v) is 2.86. The van der Waals surface area contributed by atoms with Gasteiger partial charge in [-0.15, -0.1) is 0 Å². The number of hydrogen-bond donors (Lipinski definition) is 1. The standard InChI is InChI=1S/C22H30N2O/c1-19(2)24(18-21-12-7-4-8-13-21)22(25)15-17-23-16-9-14-20-10-5-3-6-11-20/h3-8,10-13,19,23H,9,14-18H2,1-2H3. The Kier molecular flexibility index (Phi) is 8.20. The van der Waals surface area contributed by atoms with E-state index in [4.69, 9.17) is 0 Å². The summed E-state index contributed by atoms with van der Waals surface area (Å²) in [5, 5.41) is 3.40. The van der Waals surface area contributed by atoms with E-state index in [2.05, 4.69) is 55.6 Å². The van der Waals surface area contributed by atoms with Crippen LogP contribution in [0.3, 0.4) is 0 Å². The summed E-state index contributed by atoms with van der Waals surface area (Å²) in [5.41, 5.74) is 2.55. The molecule has 1 amide bonds. The number of benzene rings is 2. The van der Waals surface area contributed by atoms with E-state index in [0.717, 1.165) is 25.9 Å². The van der Waals surface area contributed by atoms with Gasteiger partial charge in [0.2, 0.25) is 5.91 Å². The Hall–Kier alpha value is -2.13. The smallest absolute Gasteiger partial charge is 0.224 e. The van der Waals surface area contributed by atoms with Crippen molar-refractivity contribution in [2.75, 3.05) is 13.1 Å². The number of aryl methyl sites for hydroxylation is 1. The number of rotatable bonds is 10. The van der Waals surface area contributed by atoms with Crippen LogP contribution in [0.1, 0.15) is 37.8 Å². The van der Waals surface area contributed by atoms with E-state index in [1.54, 1.807) is 0 Å².